The van der Waals surface area contributed by atoms with E-state index in [0.29, 0.717) is 15.9 Å². The predicted octanol–water partition coefficient (Wildman–Crippen LogP) is 4.03. The molecule has 0 spiro atoms. The fraction of sp³-hybridized carbons (Fsp3) is 0.158. The van der Waals surface area contributed by atoms with Crippen molar-refractivity contribution in [2.45, 2.75) is 6.92 Å². The third-order valence-electron chi connectivity index (χ3n) is 3.56. The van der Waals surface area contributed by atoms with E-state index in [9.17, 15) is 15.2 Å². The molecule has 2 aromatic rings. The summed E-state index contributed by atoms with van der Waals surface area (Å²) in [7, 11) is 2.91. The largest absolute Gasteiger partial charge is 0.504 e. The lowest BCUT2D eigenvalue weighted by Crippen LogP contribution is -2.14. The summed E-state index contributed by atoms with van der Waals surface area (Å²) in [5.41, 5.74) is 1.48. The van der Waals surface area contributed by atoms with Crippen LogP contribution < -0.4 is 14.8 Å². The number of nitriles is 1. The Morgan fingerprint density at radius 2 is 1.92 bits per heavy atom. The number of methoxy groups -OCH3 is 2. The monoisotopic (exact) mass is 416 g/mol. The van der Waals surface area contributed by atoms with Gasteiger partial charge in [0.25, 0.3) is 5.91 Å². The number of nitrogens with zero attached hydrogens (tertiary/aromatic N) is 1. The Labute approximate surface area is 159 Å². The molecule has 2 N–H and O–H groups in total. The van der Waals surface area contributed by atoms with Crippen molar-refractivity contribution in [1.82, 2.24) is 0 Å². The van der Waals surface area contributed by atoms with E-state index in [2.05, 4.69) is 21.2 Å². The van der Waals surface area contributed by atoms with Crippen molar-refractivity contribution in [2.24, 2.45) is 0 Å². The molecular formula is C19H17BrN2O4. The summed E-state index contributed by atoms with van der Waals surface area (Å²) in [6.45, 7) is 1.88. The number of rotatable bonds is 5. The van der Waals surface area contributed by atoms with Gasteiger partial charge in [0.05, 0.1) is 19.9 Å². The minimum atomic E-state index is -0.616. The number of halogens is 1. The number of aromatic hydroxyl groups is 1. The molecule has 7 heteroatoms. The van der Waals surface area contributed by atoms with Crippen LogP contribution in [-0.2, 0) is 4.79 Å². The molecule has 0 heterocycles. The van der Waals surface area contributed by atoms with Crippen LogP contribution >= 0.6 is 15.9 Å². The number of amides is 1. The van der Waals surface area contributed by atoms with Crippen molar-refractivity contribution in [3.8, 4) is 23.3 Å². The lowest BCUT2D eigenvalue weighted by atomic mass is 10.1. The number of carbonyl (C=O) groups excluding carboxylic acids is 1. The molecule has 0 aromatic heterocycles. The molecule has 0 saturated heterocycles. The van der Waals surface area contributed by atoms with E-state index in [4.69, 9.17) is 9.47 Å². The van der Waals surface area contributed by atoms with E-state index in [0.717, 1.165) is 5.56 Å². The van der Waals surface area contributed by atoms with Gasteiger partial charge in [-0.25, -0.2) is 0 Å². The predicted molar refractivity (Wildman–Crippen MR) is 102 cm³/mol. The second-order valence-corrected chi connectivity index (χ2v) is 6.29. The number of carbonyl (C=O) groups is 1. The fourth-order valence-electron chi connectivity index (χ4n) is 2.27. The summed E-state index contributed by atoms with van der Waals surface area (Å²) >= 11 is 3.30. The molecule has 0 aliphatic rings. The Balaban J connectivity index is 2.39. The molecule has 0 unspecified atom stereocenters. The third kappa shape index (κ3) is 4.35. The molecule has 2 aromatic carbocycles. The van der Waals surface area contributed by atoms with E-state index < -0.39 is 5.91 Å². The average Bonchev–Trinajstić information content (AvgIpc) is 2.62. The van der Waals surface area contributed by atoms with Gasteiger partial charge in [-0.1, -0.05) is 22.0 Å². The van der Waals surface area contributed by atoms with Crippen LogP contribution in [0.5, 0.6) is 17.2 Å². The van der Waals surface area contributed by atoms with Crippen molar-refractivity contribution >= 4 is 33.6 Å². The summed E-state index contributed by atoms with van der Waals surface area (Å²) in [5, 5.41) is 22.2. The van der Waals surface area contributed by atoms with Crippen LogP contribution in [0, 0.1) is 18.3 Å². The van der Waals surface area contributed by atoms with Gasteiger partial charge >= 0.3 is 0 Å². The van der Waals surface area contributed by atoms with Gasteiger partial charge in [-0.2, -0.15) is 5.26 Å². The molecule has 0 radical (unpaired) electrons. The standard InChI is InChI=1S/C19H17BrN2O4/c1-11-4-5-16(25-2)15(6-11)22-19(24)13(10-21)7-12-8-14(20)9-17(26-3)18(12)23/h4-9,23H,1-3H3,(H,22,24)/b13-7+. The molecule has 6 nitrogen and oxygen atoms in total. The van der Waals surface area contributed by atoms with Crippen LogP contribution in [0.1, 0.15) is 11.1 Å². The maximum atomic E-state index is 12.5. The van der Waals surface area contributed by atoms with Gasteiger partial charge < -0.3 is 19.9 Å². The van der Waals surface area contributed by atoms with Crippen LogP contribution in [0.25, 0.3) is 6.08 Å². The summed E-state index contributed by atoms with van der Waals surface area (Å²) in [6.07, 6.45) is 1.29. The number of nitrogens with one attached hydrogen (secondary N) is 1. The Kier molecular flexibility index (Phi) is 6.26. The molecule has 0 fully saturated rings. The molecule has 26 heavy (non-hydrogen) atoms. The highest BCUT2D eigenvalue weighted by Crippen LogP contribution is 2.35. The molecule has 2 rings (SSSR count). The van der Waals surface area contributed by atoms with Crippen molar-refractivity contribution in [1.29, 1.82) is 5.26 Å². The zero-order valence-electron chi connectivity index (χ0n) is 14.5. The van der Waals surface area contributed by atoms with Crippen LogP contribution in [0.4, 0.5) is 5.69 Å². The average molecular weight is 417 g/mol. The number of anilines is 1. The van der Waals surface area contributed by atoms with E-state index >= 15 is 0 Å². The number of hydrogen-bond donors (Lipinski definition) is 2. The molecule has 0 atom stereocenters. The van der Waals surface area contributed by atoms with Crippen LogP contribution in [0.15, 0.2) is 40.4 Å². The van der Waals surface area contributed by atoms with E-state index in [1.807, 2.05) is 19.1 Å². The molecule has 0 aliphatic carbocycles. The number of benzene rings is 2. The minimum absolute atomic E-state index is 0.163. The second kappa shape index (κ2) is 8.41. The lowest BCUT2D eigenvalue weighted by molar-refractivity contribution is -0.112. The van der Waals surface area contributed by atoms with Crippen LogP contribution in [-0.4, -0.2) is 25.2 Å². The topological polar surface area (TPSA) is 91.6 Å². The number of ether oxygens (including phenoxy) is 2. The first-order valence-corrected chi connectivity index (χ1v) is 8.33. The van der Waals surface area contributed by atoms with Crippen molar-refractivity contribution in [2.75, 3.05) is 19.5 Å². The first-order chi connectivity index (χ1) is 12.4. The van der Waals surface area contributed by atoms with E-state index in [1.54, 1.807) is 24.3 Å². The fourth-order valence-corrected chi connectivity index (χ4v) is 2.73. The molecule has 134 valence electrons. The summed E-state index contributed by atoms with van der Waals surface area (Å²) < 4.78 is 10.9. The van der Waals surface area contributed by atoms with Gasteiger partial charge in [-0.3, -0.25) is 4.79 Å². The first-order valence-electron chi connectivity index (χ1n) is 7.54. The zero-order chi connectivity index (χ0) is 19.3. The third-order valence-corrected chi connectivity index (χ3v) is 4.02. The quantitative estimate of drug-likeness (QED) is 0.566. The van der Waals surface area contributed by atoms with Crippen molar-refractivity contribution in [3.63, 3.8) is 0 Å². The summed E-state index contributed by atoms with van der Waals surface area (Å²) in [5.74, 6) is -0.0731. The lowest BCUT2D eigenvalue weighted by Gasteiger charge is -2.11. The van der Waals surface area contributed by atoms with Crippen molar-refractivity contribution in [3.05, 3.63) is 51.5 Å². The Bertz CT molecular complexity index is 916. The number of phenols is 1. The minimum Gasteiger partial charge on any atom is -0.504 e. The van der Waals surface area contributed by atoms with Crippen molar-refractivity contribution < 1.29 is 19.4 Å². The molecule has 0 saturated carbocycles. The molecule has 0 aliphatic heterocycles. The van der Waals surface area contributed by atoms with E-state index in [-0.39, 0.29) is 22.6 Å². The maximum absolute atomic E-state index is 12.5. The Morgan fingerprint density at radius 1 is 1.23 bits per heavy atom. The number of phenolic OH excluding ortho intramolecular Hbond substituents is 1. The number of hydrogen-bond acceptors (Lipinski definition) is 5. The number of aryl methyl sites for hydroxylation is 1. The SMILES string of the molecule is COc1ccc(C)cc1NC(=O)/C(C#N)=C/c1cc(Br)cc(OC)c1O. The molecule has 0 bridgehead atoms. The Hall–Kier alpha value is -2.98. The highest BCUT2D eigenvalue weighted by Gasteiger charge is 2.15. The maximum Gasteiger partial charge on any atom is 0.266 e. The summed E-state index contributed by atoms with van der Waals surface area (Å²) in [4.78, 5) is 12.5. The van der Waals surface area contributed by atoms with E-state index in [1.165, 1.54) is 20.3 Å². The van der Waals surface area contributed by atoms with Gasteiger partial charge in [0.15, 0.2) is 11.5 Å². The highest BCUT2D eigenvalue weighted by molar-refractivity contribution is 9.10. The van der Waals surface area contributed by atoms with Crippen LogP contribution in [0.3, 0.4) is 0 Å². The summed E-state index contributed by atoms with van der Waals surface area (Å²) in [6, 6.07) is 10.3. The van der Waals surface area contributed by atoms with Gasteiger partial charge in [-0.05, 0) is 42.8 Å². The Morgan fingerprint density at radius 3 is 2.54 bits per heavy atom. The molecule has 1 amide bonds. The second-order valence-electron chi connectivity index (χ2n) is 5.37. The van der Waals surface area contributed by atoms with Gasteiger partial charge in [-0.15, -0.1) is 0 Å². The first kappa shape index (κ1) is 19.3. The zero-order valence-corrected chi connectivity index (χ0v) is 16.0. The van der Waals surface area contributed by atoms with Gasteiger partial charge in [0, 0.05) is 10.0 Å². The van der Waals surface area contributed by atoms with Crippen LogP contribution in [0.2, 0.25) is 0 Å². The van der Waals surface area contributed by atoms with Gasteiger partial charge in [0.1, 0.15) is 17.4 Å². The van der Waals surface area contributed by atoms with Gasteiger partial charge in [0.2, 0.25) is 0 Å². The normalized spacial score (nSPS) is 10.8. The smallest absolute Gasteiger partial charge is 0.266 e. The molecular weight excluding hydrogens is 400 g/mol. The highest BCUT2D eigenvalue weighted by atomic mass is 79.9.